The summed E-state index contributed by atoms with van der Waals surface area (Å²) in [6.07, 6.45) is 3.88. The third kappa shape index (κ3) is 4.21. The van der Waals surface area contributed by atoms with E-state index in [1.165, 1.54) is 6.08 Å². The molecule has 4 rings (SSSR count). The smallest absolute Gasteiger partial charge is 0.265 e. The number of ether oxygens (including phenoxy) is 1. The Balaban J connectivity index is 1.86. The average molecular weight is 497 g/mol. The Labute approximate surface area is 208 Å². The lowest BCUT2D eigenvalue weighted by molar-refractivity contribution is -0.135. The summed E-state index contributed by atoms with van der Waals surface area (Å²) in [7, 11) is -0.574. The molecule has 1 heterocycles. The molecule has 35 heavy (non-hydrogen) atoms. The molecule has 0 saturated carbocycles. The second kappa shape index (κ2) is 9.15. The summed E-state index contributed by atoms with van der Waals surface area (Å²) in [5.74, 6) is -0.568. The first-order valence-electron chi connectivity index (χ1n) is 12.3. The maximum Gasteiger partial charge on any atom is 0.265 e. The Kier molecular flexibility index (Phi) is 6.68. The van der Waals surface area contributed by atoms with Crippen molar-refractivity contribution in [3.63, 3.8) is 0 Å². The summed E-state index contributed by atoms with van der Waals surface area (Å²) >= 11 is 0. The van der Waals surface area contributed by atoms with Crippen molar-refractivity contribution in [2.24, 2.45) is 5.92 Å². The number of carbonyl (C=O) groups is 2. The maximum absolute atomic E-state index is 14.4. The Bertz CT molecular complexity index is 1130. The number of ketones is 2. The van der Waals surface area contributed by atoms with E-state index in [9.17, 15) is 9.59 Å². The van der Waals surface area contributed by atoms with Gasteiger partial charge >= 0.3 is 0 Å². The molecule has 0 N–H and O–H groups in total. The predicted molar refractivity (Wildman–Crippen MR) is 136 cm³/mol. The van der Waals surface area contributed by atoms with Gasteiger partial charge in [0.05, 0.1) is 6.04 Å². The molecule has 0 amide bonds. The normalized spacial score (nSPS) is 24.5. The largest absolute Gasteiger partial charge is 0.470 e. The summed E-state index contributed by atoms with van der Waals surface area (Å²) < 4.78 is 18.7. The van der Waals surface area contributed by atoms with Crippen LogP contribution in [0.15, 0.2) is 47.0 Å². The highest BCUT2D eigenvalue weighted by Gasteiger charge is 2.65. The van der Waals surface area contributed by atoms with Gasteiger partial charge in [0.15, 0.2) is 25.5 Å². The molecule has 0 spiro atoms. The Hall–Kier alpha value is -2.55. The molecule has 0 saturated heterocycles. The fraction of sp³-hybridized carbons (Fsp3) is 0.519. The first kappa shape index (κ1) is 25.5. The van der Waals surface area contributed by atoms with E-state index in [4.69, 9.17) is 13.7 Å². The molecule has 7 nitrogen and oxygen atoms in total. The molecule has 1 unspecified atom stereocenters. The van der Waals surface area contributed by atoms with Crippen molar-refractivity contribution < 1.29 is 23.3 Å². The zero-order valence-corrected chi connectivity index (χ0v) is 22.8. The summed E-state index contributed by atoms with van der Waals surface area (Å²) in [5.41, 5.74) is -0.462. The summed E-state index contributed by atoms with van der Waals surface area (Å²) in [4.78, 5) is 30.2. The predicted octanol–water partition coefficient (Wildman–Crippen LogP) is 5.35. The van der Waals surface area contributed by atoms with E-state index in [0.29, 0.717) is 18.7 Å². The van der Waals surface area contributed by atoms with Crippen LogP contribution in [0, 0.1) is 5.92 Å². The minimum absolute atomic E-state index is 0.113. The Morgan fingerprint density at radius 2 is 1.89 bits per heavy atom. The Morgan fingerprint density at radius 1 is 1.20 bits per heavy atom. The highest BCUT2D eigenvalue weighted by molar-refractivity contribution is 6.74. The van der Waals surface area contributed by atoms with Crippen LogP contribution >= 0.6 is 0 Å². The van der Waals surface area contributed by atoms with Crippen molar-refractivity contribution in [2.75, 3.05) is 13.6 Å². The summed E-state index contributed by atoms with van der Waals surface area (Å²) in [6.45, 7) is 13.4. The van der Waals surface area contributed by atoms with Gasteiger partial charge in [0.2, 0.25) is 5.78 Å². The van der Waals surface area contributed by atoms with Gasteiger partial charge in [-0.3, -0.25) is 14.5 Å². The second-order valence-electron chi connectivity index (χ2n) is 11.1. The van der Waals surface area contributed by atoms with Crippen molar-refractivity contribution in [3.8, 4) is 5.88 Å². The zero-order chi connectivity index (χ0) is 25.6. The topological polar surface area (TPSA) is 81.9 Å². The van der Waals surface area contributed by atoms with Gasteiger partial charge in [-0.05, 0) is 54.9 Å². The van der Waals surface area contributed by atoms with E-state index in [-0.39, 0.29) is 34.9 Å². The van der Waals surface area contributed by atoms with E-state index in [1.54, 1.807) is 0 Å². The zero-order valence-electron chi connectivity index (χ0n) is 21.8. The number of fused-ring (bicyclic) bond motifs is 2. The SMILES string of the molecule is CCN(C)[C@@H]1c2onc(OCc3ccccc3)c2C(=O)[C@@]2(O[Si](C)(C)C(C)(C)C)C(=O)C=CCC12. The summed E-state index contributed by atoms with van der Waals surface area (Å²) in [6, 6.07) is 9.31. The lowest BCUT2D eigenvalue weighted by Crippen LogP contribution is -2.66. The second-order valence-corrected chi connectivity index (χ2v) is 15.8. The highest BCUT2D eigenvalue weighted by atomic mass is 28.4. The first-order chi connectivity index (χ1) is 16.4. The molecule has 0 fully saturated rings. The van der Waals surface area contributed by atoms with Crippen LogP contribution in [-0.4, -0.2) is 49.1 Å². The van der Waals surface area contributed by atoms with Gasteiger partial charge in [-0.2, -0.15) is 0 Å². The number of hydrogen-bond donors (Lipinski definition) is 0. The van der Waals surface area contributed by atoms with Gasteiger partial charge in [-0.1, -0.05) is 64.1 Å². The lowest BCUT2D eigenvalue weighted by atomic mass is 9.65. The molecule has 3 atom stereocenters. The van der Waals surface area contributed by atoms with Crippen molar-refractivity contribution >= 4 is 19.9 Å². The van der Waals surface area contributed by atoms with Gasteiger partial charge < -0.3 is 13.7 Å². The van der Waals surface area contributed by atoms with Crippen LogP contribution in [0.1, 0.15) is 61.8 Å². The van der Waals surface area contributed by atoms with Crippen LogP contribution in [0.2, 0.25) is 18.1 Å². The molecule has 8 heteroatoms. The third-order valence-electron chi connectivity index (χ3n) is 7.86. The molecule has 1 aromatic heterocycles. The van der Waals surface area contributed by atoms with Crippen LogP contribution in [-0.2, 0) is 15.8 Å². The molecule has 2 aliphatic rings. The Morgan fingerprint density at radius 3 is 2.51 bits per heavy atom. The van der Waals surface area contributed by atoms with Crippen LogP contribution < -0.4 is 4.74 Å². The fourth-order valence-corrected chi connectivity index (χ4v) is 6.20. The maximum atomic E-state index is 14.4. The van der Waals surface area contributed by atoms with Crippen LogP contribution in [0.5, 0.6) is 5.88 Å². The van der Waals surface area contributed by atoms with E-state index < -0.39 is 25.6 Å². The molecule has 1 aromatic carbocycles. The molecule has 188 valence electrons. The van der Waals surface area contributed by atoms with Crippen molar-refractivity contribution in [3.05, 3.63) is 59.4 Å². The number of rotatable bonds is 7. The lowest BCUT2D eigenvalue weighted by Gasteiger charge is -2.52. The van der Waals surface area contributed by atoms with Crippen LogP contribution in [0.4, 0.5) is 0 Å². The fourth-order valence-electron chi connectivity index (χ4n) is 4.75. The molecular weight excluding hydrogens is 460 g/mol. The monoisotopic (exact) mass is 496 g/mol. The van der Waals surface area contributed by atoms with E-state index in [0.717, 1.165) is 5.56 Å². The van der Waals surface area contributed by atoms with Crippen molar-refractivity contribution in [1.82, 2.24) is 10.1 Å². The van der Waals surface area contributed by atoms with E-state index in [2.05, 4.69) is 43.9 Å². The van der Waals surface area contributed by atoms with Gasteiger partial charge in [0, 0.05) is 5.92 Å². The number of allylic oxidation sites excluding steroid dienone is 1. The van der Waals surface area contributed by atoms with E-state index in [1.807, 2.05) is 50.4 Å². The molecule has 0 bridgehead atoms. The van der Waals surface area contributed by atoms with Crippen molar-refractivity contribution in [2.45, 2.75) is 70.5 Å². The van der Waals surface area contributed by atoms with Gasteiger partial charge in [0.1, 0.15) is 12.2 Å². The number of benzene rings is 1. The number of aromatic nitrogens is 1. The minimum atomic E-state index is -2.54. The molecule has 2 aliphatic carbocycles. The van der Waals surface area contributed by atoms with Crippen LogP contribution in [0.25, 0.3) is 0 Å². The number of Topliss-reactive ketones (excluding diaryl/α,β-unsaturated/α-hetero) is 1. The third-order valence-corrected chi connectivity index (χ3v) is 12.3. The van der Waals surface area contributed by atoms with E-state index >= 15 is 0 Å². The molecular formula is C27H36N2O5Si. The molecule has 2 aromatic rings. The van der Waals surface area contributed by atoms with Crippen molar-refractivity contribution in [1.29, 1.82) is 0 Å². The number of hydrogen-bond acceptors (Lipinski definition) is 7. The molecule has 0 aliphatic heterocycles. The van der Waals surface area contributed by atoms with Gasteiger partial charge in [-0.25, -0.2) is 0 Å². The van der Waals surface area contributed by atoms with Crippen LogP contribution in [0.3, 0.4) is 0 Å². The summed E-state index contributed by atoms with van der Waals surface area (Å²) in [5, 5.41) is 3.98. The first-order valence-corrected chi connectivity index (χ1v) is 15.2. The number of carbonyl (C=O) groups excluding carboxylic acids is 2. The highest BCUT2D eigenvalue weighted by Crippen LogP contribution is 2.54. The van der Waals surface area contributed by atoms with Gasteiger partial charge in [0.25, 0.3) is 5.88 Å². The van der Waals surface area contributed by atoms with Gasteiger partial charge in [-0.15, -0.1) is 0 Å². The standard InChI is InChI=1S/C27H36N2O5Si/c1-8-29(5)22-19-15-12-16-20(30)27(19,34-35(6,7)26(2,3)4)24(31)21-23(22)33-28-25(21)32-17-18-13-10-9-11-14-18/h9-14,16,19,22H,8,15,17H2,1-7H3/t19?,22-,27-/m0/s1. The molecule has 0 radical (unpaired) electrons. The quantitative estimate of drug-likeness (QED) is 0.377. The number of nitrogens with zero attached hydrogens (tertiary/aromatic N) is 2. The average Bonchev–Trinajstić information content (AvgIpc) is 3.22. The minimum Gasteiger partial charge on any atom is -0.470 e.